The molecule has 1 heterocycles. The van der Waals surface area contributed by atoms with Gasteiger partial charge in [-0.15, -0.1) is 12.4 Å². The monoisotopic (exact) mass is 359 g/mol. The Hall–Kier alpha value is -1.30. The molecule has 1 atom stereocenters. The average molecular weight is 360 g/mol. The van der Waals surface area contributed by atoms with E-state index < -0.39 is 0 Å². The van der Waals surface area contributed by atoms with Crippen molar-refractivity contribution in [3.8, 4) is 0 Å². The second-order valence-corrected chi connectivity index (χ2v) is 6.26. The van der Waals surface area contributed by atoms with Crippen molar-refractivity contribution < 1.29 is 9.59 Å². The van der Waals surface area contributed by atoms with Gasteiger partial charge in [-0.25, -0.2) is 0 Å². The predicted molar refractivity (Wildman–Crippen MR) is 95.5 cm³/mol. The van der Waals surface area contributed by atoms with E-state index in [1.807, 2.05) is 13.8 Å². The summed E-state index contributed by atoms with van der Waals surface area (Å²) in [5.74, 6) is -0.425. The third kappa shape index (κ3) is 5.68. The number of rotatable bonds is 4. The maximum atomic E-state index is 12.4. The number of benzene rings is 1. The van der Waals surface area contributed by atoms with Crippen molar-refractivity contribution in [3.63, 3.8) is 0 Å². The molecule has 1 aromatic rings. The summed E-state index contributed by atoms with van der Waals surface area (Å²) in [6.45, 7) is 5.39. The fraction of sp³-hybridized carbons (Fsp3) is 0.500. The molecule has 128 valence electrons. The van der Waals surface area contributed by atoms with Crippen LogP contribution in [0, 0.1) is 5.92 Å². The van der Waals surface area contributed by atoms with Gasteiger partial charge in [-0.2, -0.15) is 0 Å². The molecule has 1 aliphatic heterocycles. The molecule has 0 bridgehead atoms. The highest BCUT2D eigenvalue weighted by molar-refractivity contribution is 6.34. The quantitative estimate of drug-likeness (QED) is 0.773. The predicted octanol–water partition coefficient (Wildman–Crippen LogP) is 2.84. The van der Waals surface area contributed by atoms with Crippen LogP contribution in [0.5, 0.6) is 0 Å². The number of carbonyl (C=O) groups excluding carboxylic acids is 2. The Morgan fingerprint density at radius 3 is 2.70 bits per heavy atom. The number of amides is 2. The van der Waals surface area contributed by atoms with Crippen LogP contribution in [0.2, 0.25) is 5.02 Å². The van der Waals surface area contributed by atoms with Crippen molar-refractivity contribution in [2.45, 2.75) is 32.7 Å². The number of hydrogen-bond acceptors (Lipinski definition) is 3. The van der Waals surface area contributed by atoms with Gasteiger partial charge in [0.05, 0.1) is 10.6 Å². The highest BCUT2D eigenvalue weighted by Gasteiger charge is 2.19. The van der Waals surface area contributed by atoms with Gasteiger partial charge in [-0.05, 0) is 37.6 Å². The molecule has 1 unspecified atom stereocenters. The number of hydrogen-bond donors (Lipinski definition) is 3. The standard InChI is InChI=1S/C16H22ClN3O2.ClH/c1-10(2)15(21)19-11-5-6-14(17)13(8-11)16(22)20-12-4-3-7-18-9-12;/h5-6,8,10,12,18H,3-4,7,9H2,1-2H3,(H,19,21)(H,20,22);1H. The maximum absolute atomic E-state index is 12.4. The third-order valence-corrected chi connectivity index (χ3v) is 3.96. The number of halogens is 2. The number of carbonyl (C=O) groups is 2. The lowest BCUT2D eigenvalue weighted by atomic mass is 10.1. The van der Waals surface area contributed by atoms with Crippen LogP contribution in [0.15, 0.2) is 18.2 Å². The second kappa shape index (κ2) is 9.11. The highest BCUT2D eigenvalue weighted by atomic mass is 35.5. The summed E-state index contributed by atoms with van der Waals surface area (Å²) < 4.78 is 0. The smallest absolute Gasteiger partial charge is 0.253 e. The SMILES string of the molecule is CC(C)C(=O)Nc1ccc(Cl)c(C(=O)NC2CCCNC2)c1.Cl. The molecule has 7 heteroatoms. The van der Waals surface area contributed by atoms with E-state index in [0.717, 1.165) is 25.9 Å². The first kappa shape index (κ1) is 19.7. The average Bonchev–Trinajstić information content (AvgIpc) is 2.50. The van der Waals surface area contributed by atoms with Gasteiger partial charge in [0.2, 0.25) is 5.91 Å². The molecule has 1 saturated heterocycles. The van der Waals surface area contributed by atoms with Gasteiger partial charge >= 0.3 is 0 Å². The summed E-state index contributed by atoms with van der Waals surface area (Å²) in [5.41, 5.74) is 0.962. The number of piperidine rings is 1. The van der Waals surface area contributed by atoms with Gasteiger partial charge in [0.15, 0.2) is 0 Å². The molecule has 1 aliphatic rings. The minimum Gasteiger partial charge on any atom is -0.348 e. The molecule has 1 aromatic carbocycles. The molecule has 0 saturated carbocycles. The number of anilines is 1. The van der Waals surface area contributed by atoms with Crippen molar-refractivity contribution in [1.82, 2.24) is 10.6 Å². The summed E-state index contributed by atoms with van der Waals surface area (Å²) in [6.07, 6.45) is 2.00. The Labute approximate surface area is 148 Å². The van der Waals surface area contributed by atoms with E-state index >= 15 is 0 Å². The zero-order chi connectivity index (χ0) is 16.1. The van der Waals surface area contributed by atoms with Gasteiger partial charge in [0.25, 0.3) is 5.91 Å². The lowest BCUT2D eigenvalue weighted by molar-refractivity contribution is -0.118. The fourth-order valence-corrected chi connectivity index (χ4v) is 2.51. The Balaban J connectivity index is 0.00000264. The van der Waals surface area contributed by atoms with Crippen LogP contribution in [0.1, 0.15) is 37.0 Å². The van der Waals surface area contributed by atoms with Gasteiger partial charge in [-0.3, -0.25) is 9.59 Å². The summed E-state index contributed by atoms with van der Waals surface area (Å²) in [7, 11) is 0. The van der Waals surface area contributed by atoms with Gasteiger partial charge in [0, 0.05) is 24.2 Å². The minimum atomic E-state index is -0.209. The van der Waals surface area contributed by atoms with Crippen molar-refractivity contribution in [2.75, 3.05) is 18.4 Å². The largest absolute Gasteiger partial charge is 0.348 e. The van der Waals surface area contributed by atoms with Gasteiger partial charge < -0.3 is 16.0 Å². The van der Waals surface area contributed by atoms with Crippen LogP contribution in [0.3, 0.4) is 0 Å². The zero-order valence-electron chi connectivity index (χ0n) is 13.3. The van der Waals surface area contributed by atoms with E-state index in [1.54, 1.807) is 18.2 Å². The van der Waals surface area contributed by atoms with Crippen molar-refractivity contribution in [3.05, 3.63) is 28.8 Å². The second-order valence-electron chi connectivity index (χ2n) is 5.86. The van der Waals surface area contributed by atoms with Crippen LogP contribution in [0.25, 0.3) is 0 Å². The Bertz CT molecular complexity index is 558. The van der Waals surface area contributed by atoms with Crippen molar-refractivity contribution >= 4 is 41.5 Å². The highest BCUT2D eigenvalue weighted by Crippen LogP contribution is 2.21. The molecule has 0 aliphatic carbocycles. The fourth-order valence-electron chi connectivity index (χ4n) is 2.30. The van der Waals surface area contributed by atoms with Gasteiger partial charge in [0.1, 0.15) is 0 Å². The first-order chi connectivity index (χ1) is 10.5. The summed E-state index contributed by atoms with van der Waals surface area (Å²) >= 11 is 6.12. The summed E-state index contributed by atoms with van der Waals surface area (Å²) in [5, 5.41) is 9.39. The molecule has 2 amide bonds. The molecular weight excluding hydrogens is 337 g/mol. The topological polar surface area (TPSA) is 70.2 Å². The van der Waals surface area contributed by atoms with Gasteiger partial charge in [-0.1, -0.05) is 25.4 Å². The Kier molecular flexibility index (Phi) is 7.82. The molecule has 3 N–H and O–H groups in total. The molecule has 1 fully saturated rings. The van der Waals surface area contributed by atoms with Crippen molar-refractivity contribution in [1.29, 1.82) is 0 Å². The summed E-state index contributed by atoms with van der Waals surface area (Å²) in [6, 6.07) is 5.06. The first-order valence-corrected chi connectivity index (χ1v) is 7.97. The maximum Gasteiger partial charge on any atom is 0.253 e. The van der Waals surface area contributed by atoms with Crippen molar-refractivity contribution in [2.24, 2.45) is 5.92 Å². The van der Waals surface area contributed by atoms with Crippen LogP contribution in [-0.2, 0) is 4.79 Å². The minimum absolute atomic E-state index is 0. The lowest BCUT2D eigenvalue weighted by Gasteiger charge is -2.24. The molecule has 23 heavy (non-hydrogen) atoms. The Morgan fingerprint density at radius 1 is 1.35 bits per heavy atom. The van der Waals surface area contributed by atoms with E-state index in [9.17, 15) is 9.59 Å². The molecule has 2 rings (SSSR count). The molecule has 5 nitrogen and oxygen atoms in total. The normalized spacial score (nSPS) is 17.3. The first-order valence-electron chi connectivity index (χ1n) is 7.59. The third-order valence-electron chi connectivity index (χ3n) is 3.63. The lowest BCUT2D eigenvalue weighted by Crippen LogP contribution is -2.45. The summed E-state index contributed by atoms with van der Waals surface area (Å²) in [4.78, 5) is 24.1. The van der Waals surface area contributed by atoms with Crippen LogP contribution < -0.4 is 16.0 Å². The molecule has 0 spiro atoms. The molecule has 0 radical (unpaired) electrons. The zero-order valence-corrected chi connectivity index (χ0v) is 14.9. The molecular formula is C16H23Cl2N3O2. The number of nitrogens with one attached hydrogen (secondary N) is 3. The van der Waals surface area contributed by atoms with Crippen LogP contribution in [0.4, 0.5) is 5.69 Å². The van der Waals surface area contributed by atoms with E-state index in [-0.39, 0.29) is 36.2 Å². The van der Waals surface area contributed by atoms with E-state index in [0.29, 0.717) is 16.3 Å². The van der Waals surface area contributed by atoms with Crippen LogP contribution in [-0.4, -0.2) is 30.9 Å². The Morgan fingerprint density at radius 2 is 2.09 bits per heavy atom. The van der Waals surface area contributed by atoms with E-state index in [1.165, 1.54) is 0 Å². The van der Waals surface area contributed by atoms with E-state index in [4.69, 9.17) is 11.6 Å². The van der Waals surface area contributed by atoms with E-state index in [2.05, 4.69) is 16.0 Å². The molecule has 0 aromatic heterocycles. The van der Waals surface area contributed by atoms with Crippen LogP contribution >= 0.6 is 24.0 Å².